The number of fused-ring (bicyclic) bond motifs is 1. The van der Waals surface area contributed by atoms with E-state index in [1.165, 1.54) is 17.7 Å². The van der Waals surface area contributed by atoms with Crippen molar-refractivity contribution in [1.29, 1.82) is 0 Å². The average molecular weight is 520 g/mol. The maximum Gasteiger partial charge on any atom is 0.335 e. The van der Waals surface area contributed by atoms with Crippen molar-refractivity contribution in [2.24, 2.45) is 11.8 Å². The lowest BCUT2D eigenvalue weighted by atomic mass is 9.83. The van der Waals surface area contributed by atoms with Gasteiger partial charge in [0.25, 0.3) is 0 Å². The highest BCUT2D eigenvalue weighted by Crippen LogP contribution is 2.43. The zero-order chi connectivity index (χ0) is 26.8. The second-order valence-corrected chi connectivity index (χ2v) is 10.6. The predicted molar refractivity (Wildman–Crippen MR) is 144 cm³/mol. The first-order valence-corrected chi connectivity index (χ1v) is 13.3. The zero-order valence-corrected chi connectivity index (χ0v) is 21.5. The van der Waals surface area contributed by atoms with E-state index in [1.54, 1.807) is 18.2 Å². The van der Waals surface area contributed by atoms with Crippen LogP contribution in [0.2, 0.25) is 0 Å². The third-order valence-corrected chi connectivity index (χ3v) is 7.87. The molecule has 1 atom stereocenters. The van der Waals surface area contributed by atoms with Crippen molar-refractivity contribution < 1.29 is 23.1 Å². The van der Waals surface area contributed by atoms with Gasteiger partial charge in [0, 0.05) is 19.6 Å². The Morgan fingerprint density at radius 1 is 0.974 bits per heavy atom. The lowest BCUT2D eigenvalue weighted by Crippen LogP contribution is -2.47. The molecule has 6 heteroatoms. The number of carboxylic acids is 1. The van der Waals surface area contributed by atoms with Crippen LogP contribution in [0.5, 0.6) is 0 Å². The van der Waals surface area contributed by atoms with E-state index in [2.05, 4.69) is 36.1 Å². The van der Waals surface area contributed by atoms with Crippen LogP contribution in [-0.4, -0.2) is 42.3 Å². The molecule has 0 bridgehead atoms. The van der Waals surface area contributed by atoms with Crippen LogP contribution in [0.25, 0.3) is 11.1 Å². The van der Waals surface area contributed by atoms with Gasteiger partial charge in [-0.2, -0.15) is 0 Å². The Kier molecular flexibility index (Phi) is 7.70. The summed E-state index contributed by atoms with van der Waals surface area (Å²) < 4.78 is 40.6. The van der Waals surface area contributed by atoms with Gasteiger partial charge < -0.3 is 10.0 Å². The Morgan fingerprint density at radius 2 is 1.71 bits per heavy atom. The molecule has 3 nitrogen and oxygen atoms in total. The van der Waals surface area contributed by atoms with Gasteiger partial charge in [-0.3, -0.25) is 4.39 Å². The number of nitrogens with zero attached hydrogens (tertiary/aromatic N) is 1. The monoisotopic (exact) mass is 519 g/mol. The SMILES string of the molecule is CC1CCc2cc(C(=O)O)ccc2C(c2ccc(CC3CN(CCCF)C3)cc2)=C1c1ccc(F)c(F)c1. The molecule has 2 aliphatic rings. The second kappa shape index (κ2) is 11.2. The van der Waals surface area contributed by atoms with Crippen molar-refractivity contribution in [2.75, 3.05) is 26.3 Å². The van der Waals surface area contributed by atoms with E-state index in [0.29, 0.717) is 24.3 Å². The Balaban J connectivity index is 1.53. The summed E-state index contributed by atoms with van der Waals surface area (Å²) in [7, 11) is 0. The number of likely N-dealkylation sites (tertiary alicyclic amines) is 1. The van der Waals surface area contributed by atoms with Gasteiger partial charge in [0.2, 0.25) is 0 Å². The highest BCUT2D eigenvalue weighted by molar-refractivity contribution is 6.01. The van der Waals surface area contributed by atoms with Gasteiger partial charge in [0.15, 0.2) is 11.6 Å². The Morgan fingerprint density at radius 3 is 2.39 bits per heavy atom. The summed E-state index contributed by atoms with van der Waals surface area (Å²) in [5.74, 6) is -2.14. The number of carboxylic acid groups (broad SMARTS) is 1. The van der Waals surface area contributed by atoms with E-state index < -0.39 is 17.6 Å². The first-order valence-electron chi connectivity index (χ1n) is 13.3. The fourth-order valence-electron chi connectivity index (χ4n) is 5.90. The van der Waals surface area contributed by atoms with Gasteiger partial charge in [-0.1, -0.05) is 43.3 Å². The maximum absolute atomic E-state index is 14.4. The normalized spacial score (nSPS) is 18.2. The van der Waals surface area contributed by atoms with Crippen molar-refractivity contribution in [3.63, 3.8) is 0 Å². The molecule has 3 aromatic carbocycles. The summed E-state index contributed by atoms with van der Waals surface area (Å²) in [4.78, 5) is 13.9. The van der Waals surface area contributed by atoms with Crippen molar-refractivity contribution in [3.05, 3.63) is 106 Å². The van der Waals surface area contributed by atoms with E-state index in [0.717, 1.165) is 60.3 Å². The molecule has 0 amide bonds. The molecule has 0 saturated carbocycles. The molecule has 1 aliphatic heterocycles. The zero-order valence-electron chi connectivity index (χ0n) is 21.5. The molecular weight excluding hydrogens is 487 g/mol. The first-order chi connectivity index (χ1) is 18.3. The van der Waals surface area contributed by atoms with Crippen molar-refractivity contribution >= 4 is 17.1 Å². The molecule has 0 aromatic heterocycles. The molecule has 0 radical (unpaired) electrons. The minimum Gasteiger partial charge on any atom is -0.478 e. The average Bonchev–Trinajstić information content (AvgIpc) is 3.03. The van der Waals surface area contributed by atoms with Gasteiger partial charge in [0.05, 0.1) is 12.2 Å². The van der Waals surface area contributed by atoms with Gasteiger partial charge in [0.1, 0.15) is 0 Å². The van der Waals surface area contributed by atoms with Crippen LogP contribution < -0.4 is 0 Å². The highest BCUT2D eigenvalue weighted by Gasteiger charge is 2.28. The molecule has 1 saturated heterocycles. The summed E-state index contributed by atoms with van der Waals surface area (Å²) in [6.45, 7) is 4.60. The van der Waals surface area contributed by atoms with Gasteiger partial charge in [-0.25, -0.2) is 13.6 Å². The van der Waals surface area contributed by atoms with E-state index in [1.807, 2.05) is 6.07 Å². The summed E-state index contributed by atoms with van der Waals surface area (Å²) >= 11 is 0. The van der Waals surface area contributed by atoms with Crippen molar-refractivity contribution in [2.45, 2.75) is 32.6 Å². The fraction of sp³-hybridized carbons (Fsp3) is 0.344. The number of rotatable bonds is 8. The van der Waals surface area contributed by atoms with Gasteiger partial charge >= 0.3 is 5.97 Å². The van der Waals surface area contributed by atoms with Crippen LogP contribution in [0.3, 0.4) is 0 Å². The molecular formula is C32H32F3NO2. The smallest absolute Gasteiger partial charge is 0.335 e. The number of benzene rings is 3. The van der Waals surface area contributed by atoms with Crippen molar-refractivity contribution in [3.8, 4) is 0 Å². The summed E-state index contributed by atoms with van der Waals surface area (Å²) in [5, 5.41) is 9.56. The minimum absolute atomic E-state index is 0.0421. The molecule has 1 fully saturated rings. The van der Waals surface area contributed by atoms with E-state index in [4.69, 9.17) is 0 Å². The Bertz CT molecular complexity index is 1360. The Hall–Kier alpha value is -3.38. The molecule has 1 aliphatic carbocycles. The quantitative estimate of drug-likeness (QED) is 0.347. The first kappa shape index (κ1) is 26.2. The predicted octanol–water partition coefficient (Wildman–Crippen LogP) is 7.04. The summed E-state index contributed by atoms with van der Waals surface area (Å²) in [5.41, 5.74) is 6.79. The number of aromatic carboxylic acids is 1. The van der Waals surface area contributed by atoms with E-state index in [-0.39, 0.29) is 18.2 Å². The van der Waals surface area contributed by atoms with Crippen LogP contribution in [0.4, 0.5) is 13.2 Å². The number of allylic oxidation sites excluding steroid dienone is 1. The lowest BCUT2D eigenvalue weighted by Gasteiger charge is -2.39. The second-order valence-electron chi connectivity index (χ2n) is 10.6. The molecule has 1 heterocycles. The topological polar surface area (TPSA) is 40.5 Å². The molecule has 198 valence electrons. The highest BCUT2D eigenvalue weighted by atomic mass is 19.2. The molecule has 3 aromatic rings. The van der Waals surface area contributed by atoms with E-state index >= 15 is 0 Å². The van der Waals surface area contributed by atoms with Gasteiger partial charge in [-0.05, 0) is 101 Å². The van der Waals surface area contributed by atoms with Crippen LogP contribution in [-0.2, 0) is 12.8 Å². The van der Waals surface area contributed by atoms with E-state index in [9.17, 15) is 23.1 Å². The number of carbonyl (C=O) groups is 1. The molecule has 0 spiro atoms. The van der Waals surface area contributed by atoms with Crippen LogP contribution in [0.15, 0.2) is 60.7 Å². The lowest BCUT2D eigenvalue weighted by molar-refractivity contribution is 0.0696. The van der Waals surface area contributed by atoms with Crippen LogP contribution in [0.1, 0.15) is 57.9 Å². The van der Waals surface area contributed by atoms with Crippen LogP contribution >= 0.6 is 0 Å². The largest absolute Gasteiger partial charge is 0.478 e. The Labute approximate surface area is 221 Å². The summed E-state index contributed by atoms with van der Waals surface area (Å²) in [6.07, 6.45) is 2.99. The maximum atomic E-state index is 14.4. The van der Waals surface area contributed by atoms with Crippen molar-refractivity contribution in [1.82, 2.24) is 4.90 Å². The minimum atomic E-state index is -0.972. The molecule has 1 N–H and O–H groups in total. The molecule has 5 rings (SSSR count). The number of hydrogen-bond acceptors (Lipinski definition) is 2. The number of aryl methyl sites for hydroxylation is 1. The summed E-state index contributed by atoms with van der Waals surface area (Å²) in [6, 6.07) is 17.6. The number of halogens is 3. The number of hydrogen-bond donors (Lipinski definition) is 1. The van der Waals surface area contributed by atoms with Gasteiger partial charge in [-0.15, -0.1) is 0 Å². The number of alkyl halides is 1. The fourth-order valence-corrected chi connectivity index (χ4v) is 5.90. The third kappa shape index (κ3) is 5.41. The standard InChI is InChI=1S/C32H32F3NO2/c1-20-3-6-24-16-26(32(37)38)9-11-27(24)31(30(20)25-10-12-28(34)29(35)17-25)23-7-4-21(5-8-23)15-22-18-36(19-22)14-2-13-33/h4-5,7-12,16-17,20,22H,2-3,6,13-15,18-19H2,1H3,(H,37,38). The van der Waals surface area contributed by atoms with Crippen LogP contribution in [0, 0.1) is 23.5 Å². The molecule has 1 unspecified atom stereocenters. The third-order valence-electron chi connectivity index (χ3n) is 7.87. The molecule has 38 heavy (non-hydrogen) atoms.